The van der Waals surface area contributed by atoms with Crippen molar-refractivity contribution in [3.05, 3.63) is 22.5 Å². The van der Waals surface area contributed by atoms with E-state index < -0.39 is 16.9 Å². The molecule has 1 atom stereocenters. The zero-order valence-corrected chi connectivity index (χ0v) is 12.1. The van der Waals surface area contributed by atoms with Gasteiger partial charge in [0.15, 0.2) is 0 Å². The summed E-state index contributed by atoms with van der Waals surface area (Å²) >= 11 is 0.935. The first-order chi connectivity index (χ1) is 10.0. The number of carboxylic acid groups (broad SMARTS) is 1. The second-order valence-corrected chi connectivity index (χ2v) is 5.47. The number of nitrogens with zero attached hydrogens (tertiary/aromatic N) is 3. The third kappa shape index (κ3) is 3.43. The number of hydrogen-bond acceptors (Lipinski definition) is 7. The van der Waals surface area contributed by atoms with E-state index in [1.165, 1.54) is 12.4 Å². The maximum Gasteiger partial charge on any atom is 0.326 e. The second kappa shape index (κ2) is 6.44. The zero-order chi connectivity index (χ0) is 15.4. The number of fused-ring (bicyclic) bond motifs is 1. The Bertz CT molecular complexity index is 672. The summed E-state index contributed by atoms with van der Waals surface area (Å²) in [5.41, 5.74) is 0. The van der Waals surface area contributed by atoms with Crippen LogP contribution in [0.4, 0.5) is 10.8 Å². The molecule has 0 unspecified atom stereocenters. The Morgan fingerprint density at radius 1 is 1.57 bits per heavy atom. The molecule has 21 heavy (non-hydrogen) atoms. The molecule has 2 N–H and O–H groups in total. The average Bonchev–Trinajstić information content (AvgIpc) is 2.88. The van der Waals surface area contributed by atoms with Crippen molar-refractivity contribution in [1.29, 1.82) is 0 Å². The Morgan fingerprint density at radius 2 is 2.33 bits per heavy atom. The molecule has 2 aromatic rings. The van der Waals surface area contributed by atoms with Crippen LogP contribution >= 0.6 is 11.3 Å². The van der Waals surface area contributed by atoms with E-state index in [4.69, 9.17) is 0 Å². The highest BCUT2D eigenvalue weighted by molar-refractivity contribution is 7.21. The summed E-state index contributed by atoms with van der Waals surface area (Å²) in [6, 6.07) is 0.586. The van der Waals surface area contributed by atoms with E-state index in [2.05, 4.69) is 15.3 Å². The van der Waals surface area contributed by atoms with Gasteiger partial charge in [-0.1, -0.05) is 19.8 Å². The smallest absolute Gasteiger partial charge is 0.326 e. The molecule has 0 bridgehead atoms. The molecular formula is C12H14N4O4S. The molecule has 0 spiro atoms. The van der Waals surface area contributed by atoms with Crippen molar-refractivity contribution >= 4 is 38.3 Å². The van der Waals surface area contributed by atoms with Gasteiger partial charge >= 0.3 is 11.0 Å². The maximum absolute atomic E-state index is 11.2. The summed E-state index contributed by atoms with van der Waals surface area (Å²) in [6.45, 7) is 1.98. The third-order valence-electron chi connectivity index (χ3n) is 2.95. The predicted molar refractivity (Wildman–Crippen MR) is 78.6 cm³/mol. The molecule has 0 aliphatic rings. The summed E-state index contributed by atoms with van der Waals surface area (Å²) in [7, 11) is 0. The number of carbonyl (C=O) groups is 1. The fraction of sp³-hybridized carbons (Fsp3) is 0.417. The molecule has 8 nitrogen and oxygen atoms in total. The lowest BCUT2D eigenvalue weighted by atomic mass is 10.1. The number of carboxylic acids is 1. The second-order valence-electron chi connectivity index (χ2n) is 4.46. The van der Waals surface area contributed by atoms with Crippen molar-refractivity contribution in [2.75, 3.05) is 5.32 Å². The quantitative estimate of drug-likeness (QED) is 0.596. The van der Waals surface area contributed by atoms with E-state index in [9.17, 15) is 20.0 Å². The van der Waals surface area contributed by atoms with E-state index >= 15 is 0 Å². The van der Waals surface area contributed by atoms with Crippen molar-refractivity contribution in [1.82, 2.24) is 9.97 Å². The van der Waals surface area contributed by atoms with Gasteiger partial charge in [0.1, 0.15) is 23.0 Å². The number of thiophene rings is 1. The van der Waals surface area contributed by atoms with Crippen molar-refractivity contribution in [3.8, 4) is 0 Å². The Labute approximate surface area is 124 Å². The first kappa shape index (κ1) is 15.1. The van der Waals surface area contributed by atoms with Crippen molar-refractivity contribution in [3.63, 3.8) is 0 Å². The average molecular weight is 310 g/mol. The molecule has 2 heterocycles. The number of nitro groups is 1. The number of anilines is 1. The molecule has 0 aromatic carbocycles. The van der Waals surface area contributed by atoms with Crippen LogP contribution in [-0.2, 0) is 4.79 Å². The monoisotopic (exact) mass is 310 g/mol. The summed E-state index contributed by atoms with van der Waals surface area (Å²) in [4.78, 5) is 30.0. The molecule has 0 radical (unpaired) electrons. The van der Waals surface area contributed by atoms with Gasteiger partial charge in [0.25, 0.3) is 0 Å². The molecule has 0 fully saturated rings. The van der Waals surface area contributed by atoms with Crippen LogP contribution in [0.2, 0.25) is 0 Å². The summed E-state index contributed by atoms with van der Waals surface area (Å²) in [5.74, 6) is -0.659. The summed E-state index contributed by atoms with van der Waals surface area (Å²) < 4.78 is 0. The van der Waals surface area contributed by atoms with Crippen LogP contribution in [0.15, 0.2) is 12.4 Å². The van der Waals surface area contributed by atoms with E-state index in [0.29, 0.717) is 22.5 Å². The van der Waals surface area contributed by atoms with Gasteiger partial charge in [-0.2, -0.15) is 0 Å². The van der Waals surface area contributed by atoms with Gasteiger partial charge in [0.05, 0.1) is 10.3 Å². The zero-order valence-electron chi connectivity index (χ0n) is 11.3. The van der Waals surface area contributed by atoms with Crippen LogP contribution in [0.5, 0.6) is 0 Å². The van der Waals surface area contributed by atoms with Crippen LogP contribution in [0.1, 0.15) is 26.2 Å². The first-order valence-corrected chi connectivity index (χ1v) is 7.22. The molecule has 2 rings (SSSR count). The number of aliphatic carboxylic acids is 1. The van der Waals surface area contributed by atoms with Gasteiger partial charge in [-0.3, -0.25) is 10.1 Å². The maximum atomic E-state index is 11.2. The minimum atomic E-state index is -0.972. The van der Waals surface area contributed by atoms with E-state index in [1.54, 1.807) is 0 Å². The lowest BCUT2D eigenvalue weighted by molar-refractivity contribution is -0.380. The number of unbranched alkanes of at least 4 members (excludes halogenated alkanes) is 1. The first-order valence-electron chi connectivity index (χ1n) is 6.41. The van der Waals surface area contributed by atoms with Crippen LogP contribution in [0.25, 0.3) is 10.2 Å². The predicted octanol–water partition coefficient (Wildman–Crippen LogP) is 2.65. The SMILES string of the molecule is CCCC[C@H](Nc1ncnc2sc([N+](=O)[O-])cc12)C(=O)O. The lowest BCUT2D eigenvalue weighted by Gasteiger charge is -2.14. The fourth-order valence-corrected chi connectivity index (χ4v) is 2.69. The molecule has 0 aliphatic heterocycles. The Hall–Kier alpha value is -2.29. The van der Waals surface area contributed by atoms with Crippen molar-refractivity contribution in [2.24, 2.45) is 0 Å². The van der Waals surface area contributed by atoms with E-state index in [1.807, 2.05) is 6.92 Å². The van der Waals surface area contributed by atoms with Gasteiger partial charge in [-0.25, -0.2) is 14.8 Å². The molecular weight excluding hydrogens is 296 g/mol. The van der Waals surface area contributed by atoms with Gasteiger partial charge in [0.2, 0.25) is 0 Å². The standard InChI is InChI=1S/C12H14N4O4S/c1-2-3-4-8(12(17)18)15-10-7-5-9(16(19)20)21-11(7)14-6-13-10/h5-6,8H,2-4H2,1H3,(H,17,18)(H,13,14,15)/t8-/m0/s1. The number of nitrogens with one attached hydrogen (secondary N) is 1. The molecule has 2 aromatic heterocycles. The van der Waals surface area contributed by atoms with Crippen molar-refractivity contribution < 1.29 is 14.8 Å². The van der Waals surface area contributed by atoms with Gasteiger partial charge in [-0.05, 0) is 17.8 Å². The van der Waals surface area contributed by atoms with Crippen LogP contribution in [-0.4, -0.2) is 32.0 Å². The molecule has 112 valence electrons. The summed E-state index contributed by atoms with van der Waals surface area (Å²) in [6.07, 6.45) is 3.38. The number of hydrogen-bond donors (Lipinski definition) is 2. The van der Waals surface area contributed by atoms with E-state index in [0.717, 1.165) is 24.2 Å². The highest BCUT2D eigenvalue weighted by Gasteiger charge is 2.21. The topological polar surface area (TPSA) is 118 Å². The molecule has 0 saturated carbocycles. The molecule has 0 aliphatic carbocycles. The minimum Gasteiger partial charge on any atom is -0.480 e. The molecule has 0 saturated heterocycles. The van der Waals surface area contributed by atoms with Gasteiger partial charge in [0, 0.05) is 6.07 Å². The van der Waals surface area contributed by atoms with Crippen LogP contribution < -0.4 is 5.32 Å². The van der Waals surface area contributed by atoms with Gasteiger partial charge in [-0.15, -0.1) is 0 Å². The fourth-order valence-electron chi connectivity index (χ4n) is 1.88. The van der Waals surface area contributed by atoms with Crippen molar-refractivity contribution in [2.45, 2.75) is 32.2 Å². The van der Waals surface area contributed by atoms with Crippen LogP contribution in [0.3, 0.4) is 0 Å². The number of rotatable bonds is 7. The Kier molecular flexibility index (Phi) is 4.63. The Balaban J connectivity index is 2.32. The highest BCUT2D eigenvalue weighted by Crippen LogP contribution is 2.33. The van der Waals surface area contributed by atoms with Crippen LogP contribution in [0, 0.1) is 10.1 Å². The third-order valence-corrected chi connectivity index (χ3v) is 3.95. The largest absolute Gasteiger partial charge is 0.480 e. The normalized spacial score (nSPS) is 12.2. The van der Waals surface area contributed by atoms with E-state index in [-0.39, 0.29) is 5.00 Å². The number of aromatic nitrogens is 2. The molecule has 0 amide bonds. The minimum absolute atomic E-state index is 0.0472. The molecule has 9 heteroatoms. The lowest BCUT2D eigenvalue weighted by Crippen LogP contribution is -2.29. The Morgan fingerprint density at radius 3 is 2.95 bits per heavy atom. The summed E-state index contributed by atoms with van der Waals surface area (Å²) in [5, 5.41) is 23.3. The highest BCUT2D eigenvalue weighted by atomic mass is 32.1. The van der Waals surface area contributed by atoms with Gasteiger partial charge < -0.3 is 10.4 Å².